The number of carbonyl (C=O) groups is 1. The van der Waals surface area contributed by atoms with E-state index in [4.69, 9.17) is 5.11 Å². The topological polar surface area (TPSA) is 103 Å². The Hall–Kier alpha value is -3.29. The molecule has 0 atom stereocenters. The van der Waals surface area contributed by atoms with E-state index in [0.717, 1.165) is 10.4 Å². The molecule has 0 aliphatic rings. The number of aryl methyl sites for hydroxylation is 1. The fourth-order valence-corrected chi connectivity index (χ4v) is 2.01. The Labute approximate surface area is 124 Å². The molecule has 0 bridgehead atoms. The van der Waals surface area contributed by atoms with Crippen molar-refractivity contribution in [3.8, 4) is 11.4 Å². The highest BCUT2D eigenvalue weighted by molar-refractivity contribution is 5.84. The van der Waals surface area contributed by atoms with Crippen LogP contribution in [0.3, 0.4) is 0 Å². The average molecular weight is 297 g/mol. The van der Waals surface area contributed by atoms with E-state index in [-0.39, 0.29) is 5.69 Å². The number of rotatable bonds is 3. The summed E-state index contributed by atoms with van der Waals surface area (Å²) >= 11 is 0. The number of benzene rings is 1. The van der Waals surface area contributed by atoms with Crippen molar-refractivity contribution in [2.45, 2.75) is 6.92 Å². The molecule has 8 nitrogen and oxygen atoms in total. The summed E-state index contributed by atoms with van der Waals surface area (Å²) in [6.45, 7) is 1.85. The van der Waals surface area contributed by atoms with Gasteiger partial charge in [0, 0.05) is 6.07 Å². The molecular formula is C14H11N5O3. The Balaban J connectivity index is 2.14. The van der Waals surface area contributed by atoms with Crippen LogP contribution in [-0.4, -0.2) is 35.9 Å². The molecule has 22 heavy (non-hydrogen) atoms. The van der Waals surface area contributed by atoms with E-state index in [1.807, 2.05) is 6.92 Å². The highest BCUT2D eigenvalue weighted by Crippen LogP contribution is 2.13. The first-order valence-electron chi connectivity index (χ1n) is 6.38. The molecule has 0 saturated heterocycles. The average Bonchev–Trinajstić information content (AvgIpc) is 2.94. The number of carboxylic acid groups (broad SMARTS) is 1. The Morgan fingerprint density at radius 1 is 1.14 bits per heavy atom. The highest BCUT2D eigenvalue weighted by Gasteiger charge is 2.10. The highest BCUT2D eigenvalue weighted by atomic mass is 16.4. The quantitative estimate of drug-likeness (QED) is 0.767. The van der Waals surface area contributed by atoms with Crippen LogP contribution >= 0.6 is 0 Å². The van der Waals surface area contributed by atoms with Crippen molar-refractivity contribution in [3.63, 3.8) is 0 Å². The van der Waals surface area contributed by atoms with Crippen LogP contribution in [0, 0.1) is 6.92 Å². The molecule has 0 unspecified atom stereocenters. The molecule has 0 spiro atoms. The van der Waals surface area contributed by atoms with Crippen LogP contribution in [0.25, 0.3) is 11.4 Å². The molecule has 0 radical (unpaired) electrons. The van der Waals surface area contributed by atoms with Crippen LogP contribution < -0.4 is 5.56 Å². The molecule has 8 heteroatoms. The minimum atomic E-state index is -1.20. The van der Waals surface area contributed by atoms with Crippen molar-refractivity contribution in [2.75, 3.05) is 0 Å². The van der Waals surface area contributed by atoms with E-state index in [1.54, 1.807) is 35.1 Å². The molecule has 1 N–H and O–H groups in total. The number of carboxylic acids is 1. The van der Waals surface area contributed by atoms with Crippen LogP contribution in [0.1, 0.15) is 16.2 Å². The summed E-state index contributed by atoms with van der Waals surface area (Å²) in [5.41, 5.74) is 1.35. The van der Waals surface area contributed by atoms with Gasteiger partial charge in [-0.1, -0.05) is 11.3 Å². The third-order valence-electron chi connectivity index (χ3n) is 3.06. The first-order chi connectivity index (χ1) is 10.6. The van der Waals surface area contributed by atoms with Crippen LogP contribution in [0.2, 0.25) is 0 Å². The molecule has 0 amide bonds. The predicted octanol–water partition coefficient (Wildman–Crippen LogP) is 0.820. The fourth-order valence-electron chi connectivity index (χ4n) is 2.01. The second-order valence-corrected chi connectivity index (χ2v) is 4.58. The maximum atomic E-state index is 11.9. The zero-order chi connectivity index (χ0) is 15.7. The normalized spacial score (nSPS) is 10.6. The molecular weight excluding hydrogens is 286 g/mol. The summed E-state index contributed by atoms with van der Waals surface area (Å²) in [6, 6.07) is 9.22. The number of aromatic carboxylic acids is 1. The van der Waals surface area contributed by atoms with Gasteiger partial charge in [0.2, 0.25) is 0 Å². The summed E-state index contributed by atoms with van der Waals surface area (Å²) < 4.78 is 2.65. The lowest BCUT2D eigenvalue weighted by molar-refractivity contribution is 0.0688. The minimum absolute atomic E-state index is 0.207. The van der Waals surface area contributed by atoms with Crippen molar-refractivity contribution in [3.05, 3.63) is 64.3 Å². The van der Waals surface area contributed by atoms with E-state index < -0.39 is 11.5 Å². The Morgan fingerprint density at radius 2 is 1.86 bits per heavy atom. The van der Waals surface area contributed by atoms with E-state index in [9.17, 15) is 9.59 Å². The molecule has 0 aliphatic carbocycles. The largest absolute Gasteiger partial charge is 0.476 e. The van der Waals surface area contributed by atoms with Gasteiger partial charge in [0.25, 0.3) is 5.56 Å². The van der Waals surface area contributed by atoms with Gasteiger partial charge in [0.05, 0.1) is 23.3 Å². The minimum Gasteiger partial charge on any atom is -0.476 e. The molecule has 0 aliphatic heterocycles. The number of aromatic nitrogens is 5. The molecule has 0 fully saturated rings. The van der Waals surface area contributed by atoms with Gasteiger partial charge in [-0.25, -0.2) is 9.48 Å². The third-order valence-corrected chi connectivity index (χ3v) is 3.06. The summed E-state index contributed by atoms with van der Waals surface area (Å²) in [4.78, 5) is 22.9. The number of nitrogens with zero attached hydrogens (tertiary/aromatic N) is 5. The van der Waals surface area contributed by atoms with E-state index in [2.05, 4.69) is 15.4 Å². The maximum Gasteiger partial charge on any atom is 0.356 e. The van der Waals surface area contributed by atoms with Crippen molar-refractivity contribution in [2.24, 2.45) is 0 Å². The maximum absolute atomic E-state index is 11.9. The van der Waals surface area contributed by atoms with E-state index >= 15 is 0 Å². The lowest BCUT2D eigenvalue weighted by Gasteiger charge is -2.08. The summed E-state index contributed by atoms with van der Waals surface area (Å²) in [5.74, 6) is -1.20. The van der Waals surface area contributed by atoms with Crippen LogP contribution in [0.5, 0.6) is 0 Å². The van der Waals surface area contributed by atoms with Gasteiger partial charge in [0.15, 0.2) is 5.69 Å². The van der Waals surface area contributed by atoms with Crippen molar-refractivity contribution in [1.29, 1.82) is 0 Å². The second kappa shape index (κ2) is 5.24. The Bertz CT molecular complexity index is 913. The van der Waals surface area contributed by atoms with E-state index in [1.165, 1.54) is 12.1 Å². The van der Waals surface area contributed by atoms with Gasteiger partial charge in [-0.2, -0.15) is 9.78 Å². The molecule has 2 heterocycles. The first kappa shape index (κ1) is 13.7. The molecule has 3 aromatic rings. The molecule has 3 rings (SSSR count). The number of hydrogen-bond donors (Lipinski definition) is 1. The summed E-state index contributed by atoms with van der Waals surface area (Å²) in [6.07, 6.45) is 1.61. The molecule has 110 valence electrons. The Morgan fingerprint density at radius 3 is 2.50 bits per heavy atom. The van der Waals surface area contributed by atoms with Gasteiger partial charge < -0.3 is 5.11 Å². The fraction of sp³-hybridized carbons (Fsp3) is 0.0714. The molecule has 2 aromatic heterocycles. The molecule has 0 saturated carbocycles. The molecule has 1 aromatic carbocycles. The van der Waals surface area contributed by atoms with Crippen molar-refractivity contribution in [1.82, 2.24) is 24.8 Å². The second-order valence-electron chi connectivity index (χ2n) is 4.58. The van der Waals surface area contributed by atoms with Crippen molar-refractivity contribution < 1.29 is 9.90 Å². The van der Waals surface area contributed by atoms with Gasteiger partial charge in [0.1, 0.15) is 0 Å². The monoisotopic (exact) mass is 297 g/mol. The van der Waals surface area contributed by atoms with Gasteiger partial charge >= 0.3 is 5.97 Å². The van der Waals surface area contributed by atoms with Gasteiger partial charge in [-0.05, 0) is 31.2 Å². The lowest BCUT2D eigenvalue weighted by atomic mass is 10.2. The van der Waals surface area contributed by atoms with E-state index in [0.29, 0.717) is 11.4 Å². The number of hydrogen-bond acceptors (Lipinski definition) is 5. The third kappa shape index (κ3) is 2.37. The standard InChI is InChI=1S/C14H11N5O3/c1-9-8-15-17-18(9)10-3-2-4-11(7-10)19-13(20)6-5-12(16-19)14(21)22/h2-8H,1H3,(H,21,22). The lowest BCUT2D eigenvalue weighted by Crippen LogP contribution is -2.22. The zero-order valence-corrected chi connectivity index (χ0v) is 11.5. The summed E-state index contributed by atoms with van der Waals surface area (Å²) in [5, 5.41) is 20.6. The van der Waals surface area contributed by atoms with Gasteiger partial charge in [-0.15, -0.1) is 5.10 Å². The summed E-state index contributed by atoms with van der Waals surface area (Å²) in [7, 11) is 0. The van der Waals surface area contributed by atoms with Crippen molar-refractivity contribution >= 4 is 5.97 Å². The first-order valence-corrected chi connectivity index (χ1v) is 6.38. The Kier molecular flexibility index (Phi) is 3.26. The predicted molar refractivity (Wildman–Crippen MR) is 76.4 cm³/mol. The van der Waals surface area contributed by atoms with Gasteiger partial charge in [-0.3, -0.25) is 4.79 Å². The van der Waals surface area contributed by atoms with Crippen LogP contribution in [-0.2, 0) is 0 Å². The van der Waals surface area contributed by atoms with Crippen LogP contribution in [0.15, 0.2) is 47.4 Å². The smallest absolute Gasteiger partial charge is 0.356 e. The van der Waals surface area contributed by atoms with Crippen LogP contribution in [0.4, 0.5) is 0 Å². The SMILES string of the molecule is Cc1cnnn1-c1cccc(-n2nc(C(=O)O)ccc2=O)c1. The zero-order valence-electron chi connectivity index (χ0n) is 11.5.